The molecule has 0 aromatic heterocycles. The predicted molar refractivity (Wildman–Crippen MR) is 85.9 cm³/mol. The molecule has 0 fully saturated rings. The van der Waals surface area contributed by atoms with Gasteiger partial charge < -0.3 is 10.6 Å². The van der Waals surface area contributed by atoms with Crippen LogP contribution in [0.15, 0.2) is 46.9 Å². The lowest BCUT2D eigenvalue weighted by Gasteiger charge is -2.09. The summed E-state index contributed by atoms with van der Waals surface area (Å²) in [7, 11) is 0. The van der Waals surface area contributed by atoms with Gasteiger partial charge in [-0.25, -0.2) is 4.39 Å². The minimum atomic E-state index is -0.310. The fraction of sp³-hybridized carbons (Fsp3) is 0.133. The summed E-state index contributed by atoms with van der Waals surface area (Å²) in [5, 5.41) is 6.15. The number of carbonyl (C=O) groups excluding carboxylic acids is 1. The number of benzene rings is 2. The Morgan fingerprint density at radius 1 is 1.24 bits per heavy atom. The zero-order valence-corrected chi connectivity index (χ0v) is 13.3. The molecule has 110 valence electrons. The SMILES string of the molecule is O=C(CNCc1cc(F)ccc1Br)Nc1ccccc1Cl. The number of anilines is 1. The Labute approximate surface area is 135 Å². The van der Waals surface area contributed by atoms with Crippen LogP contribution in [0.1, 0.15) is 5.56 Å². The average Bonchev–Trinajstić information content (AvgIpc) is 2.45. The number of halogens is 3. The van der Waals surface area contributed by atoms with Crippen LogP contribution in [0.25, 0.3) is 0 Å². The van der Waals surface area contributed by atoms with Gasteiger partial charge in [-0.3, -0.25) is 4.79 Å². The van der Waals surface area contributed by atoms with Crippen LogP contribution in [-0.2, 0) is 11.3 Å². The number of rotatable bonds is 5. The predicted octanol–water partition coefficient (Wildman–Crippen LogP) is 3.97. The molecule has 1 amide bonds. The van der Waals surface area contributed by atoms with Crippen molar-refractivity contribution in [3.8, 4) is 0 Å². The van der Waals surface area contributed by atoms with Crippen molar-refractivity contribution in [2.75, 3.05) is 11.9 Å². The van der Waals surface area contributed by atoms with Gasteiger partial charge in [-0.2, -0.15) is 0 Å². The van der Waals surface area contributed by atoms with Crippen LogP contribution >= 0.6 is 27.5 Å². The van der Waals surface area contributed by atoms with Gasteiger partial charge in [0.2, 0.25) is 5.91 Å². The largest absolute Gasteiger partial charge is 0.324 e. The van der Waals surface area contributed by atoms with Crippen LogP contribution < -0.4 is 10.6 Å². The second-order valence-corrected chi connectivity index (χ2v) is 5.63. The number of para-hydroxylation sites is 1. The first-order valence-electron chi connectivity index (χ1n) is 6.25. The van der Waals surface area contributed by atoms with E-state index in [2.05, 4.69) is 26.6 Å². The molecule has 21 heavy (non-hydrogen) atoms. The molecule has 2 aromatic rings. The Hall–Kier alpha value is -1.43. The summed E-state index contributed by atoms with van der Waals surface area (Å²) in [5.41, 5.74) is 1.32. The fourth-order valence-electron chi connectivity index (χ4n) is 1.75. The summed E-state index contributed by atoms with van der Waals surface area (Å²) >= 11 is 9.29. The van der Waals surface area contributed by atoms with E-state index in [-0.39, 0.29) is 18.3 Å². The van der Waals surface area contributed by atoms with Crippen LogP contribution in [0, 0.1) is 5.82 Å². The van der Waals surface area contributed by atoms with E-state index in [0.29, 0.717) is 17.3 Å². The van der Waals surface area contributed by atoms with Crippen molar-refractivity contribution in [2.45, 2.75) is 6.54 Å². The number of hydrogen-bond donors (Lipinski definition) is 2. The number of nitrogens with one attached hydrogen (secondary N) is 2. The van der Waals surface area contributed by atoms with Gasteiger partial charge in [0.15, 0.2) is 0 Å². The van der Waals surface area contributed by atoms with Gasteiger partial charge in [-0.1, -0.05) is 39.7 Å². The molecule has 2 aromatic carbocycles. The molecular formula is C15H13BrClFN2O. The van der Waals surface area contributed by atoms with E-state index in [9.17, 15) is 9.18 Å². The zero-order valence-electron chi connectivity index (χ0n) is 11.0. The minimum absolute atomic E-state index is 0.105. The molecular weight excluding hydrogens is 359 g/mol. The highest BCUT2D eigenvalue weighted by Gasteiger charge is 2.06. The van der Waals surface area contributed by atoms with Gasteiger partial charge in [0.25, 0.3) is 0 Å². The first-order valence-corrected chi connectivity index (χ1v) is 7.42. The molecule has 0 heterocycles. The van der Waals surface area contributed by atoms with E-state index in [1.165, 1.54) is 12.1 Å². The first-order chi connectivity index (χ1) is 10.1. The Kier molecular flexibility index (Phi) is 5.73. The van der Waals surface area contributed by atoms with Crippen molar-refractivity contribution in [3.63, 3.8) is 0 Å². The molecule has 2 N–H and O–H groups in total. The Bertz CT molecular complexity index is 651. The molecule has 3 nitrogen and oxygen atoms in total. The normalized spacial score (nSPS) is 10.4. The van der Waals surface area contributed by atoms with Gasteiger partial charge in [-0.15, -0.1) is 0 Å². The summed E-state index contributed by atoms with van der Waals surface area (Å²) in [6, 6.07) is 11.4. The third kappa shape index (κ3) is 4.81. The minimum Gasteiger partial charge on any atom is -0.324 e. The van der Waals surface area contributed by atoms with Gasteiger partial charge in [0.05, 0.1) is 17.3 Å². The molecule has 0 saturated carbocycles. The summed E-state index contributed by atoms with van der Waals surface area (Å²) < 4.78 is 13.9. The molecule has 0 radical (unpaired) electrons. The van der Waals surface area contributed by atoms with Gasteiger partial charge >= 0.3 is 0 Å². The molecule has 0 spiro atoms. The summed E-state index contributed by atoms with van der Waals surface area (Å²) in [6.45, 7) is 0.489. The Morgan fingerprint density at radius 3 is 2.76 bits per heavy atom. The lowest BCUT2D eigenvalue weighted by Crippen LogP contribution is -2.27. The zero-order chi connectivity index (χ0) is 15.2. The maximum absolute atomic E-state index is 13.1. The van der Waals surface area contributed by atoms with E-state index < -0.39 is 0 Å². The van der Waals surface area contributed by atoms with Crippen LogP contribution in [0.3, 0.4) is 0 Å². The molecule has 6 heteroatoms. The van der Waals surface area contributed by atoms with Crippen molar-refractivity contribution in [1.82, 2.24) is 5.32 Å². The van der Waals surface area contributed by atoms with E-state index >= 15 is 0 Å². The third-order valence-corrected chi connectivity index (χ3v) is 3.86. The van der Waals surface area contributed by atoms with Crippen molar-refractivity contribution < 1.29 is 9.18 Å². The lowest BCUT2D eigenvalue weighted by atomic mass is 10.2. The van der Waals surface area contributed by atoms with Gasteiger partial charge in [0, 0.05) is 11.0 Å². The van der Waals surface area contributed by atoms with Crippen LogP contribution in [0.4, 0.5) is 10.1 Å². The number of amides is 1. The average molecular weight is 372 g/mol. The van der Waals surface area contributed by atoms with Crippen molar-refractivity contribution in [1.29, 1.82) is 0 Å². The molecule has 0 saturated heterocycles. The highest BCUT2D eigenvalue weighted by Crippen LogP contribution is 2.20. The van der Waals surface area contributed by atoms with Crippen LogP contribution in [-0.4, -0.2) is 12.5 Å². The van der Waals surface area contributed by atoms with E-state index in [0.717, 1.165) is 10.0 Å². The third-order valence-electron chi connectivity index (χ3n) is 2.76. The molecule has 0 aliphatic carbocycles. The molecule has 2 rings (SSSR count). The quantitative estimate of drug-likeness (QED) is 0.835. The van der Waals surface area contributed by atoms with E-state index in [1.54, 1.807) is 30.3 Å². The highest BCUT2D eigenvalue weighted by atomic mass is 79.9. The first kappa shape index (κ1) is 15.9. The Morgan fingerprint density at radius 2 is 2.00 bits per heavy atom. The van der Waals surface area contributed by atoms with Crippen molar-refractivity contribution >= 4 is 39.1 Å². The topological polar surface area (TPSA) is 41.1 Å². The van der Waals surface area contributed by atoms with Crippen LogP contribution in [0.2, 0.25) is 5.02 Å². The maximum Gasteiger partial charge on any atom is 0.238 e. The molecule has 0 aliphatic rings. The molecule has 0 bridgehead atoms. The van der Waals surface area contributed by atoms with Crippen LogP contribution in [0.5, 0.6) is 0 Å². The number of carbonyl (C=O) groups is 1. The molecule has 0 aliphatic heterocycles. The summed E-state index contributed by atoms with van der Waals surface area (Å²) in [6.07, 6.45) is 0. The van der Waals surface area contributed by atoms with E-state index in [1.807, 2.05) is 0 Å². The second-order valence-electron chi connectivity index (χ2n) is 4.37. The molecule has 0 atom stereocenters. The monoisotopic (exact) mass is 370 g/mol. The summed E-state index contributed by atoms with van der Waals surface area (Å²) in [5.74, 6) is -0.522. The second kappa shape index (κ2) is 7.54. The van der Waals surface area contributed by atoms with Gasteiger partial charge in [0.1, 0.15) is 5.82 Å². The van der Waals surface area contributed by atoms with Crippen molar-refractivity contribution in [2.24, 2.45) is 0 Å². The maximum atomic E-state index is 13.1. The smallest absolute Gasteiger partial charge is 0.238 e. The van der Waals surface area contributed by atoms with E-state index in [4.69, 9.17) is 11.6 Å². The summed E-state index contributed by atoms with van der Waals surface area (Å²) in [4.78, 5) is 11.8. The Balaban J connectivity index is 1.85. The molecule has 0 unspecified atom stereocenters. The lowest BCUT2D eigenvalue weighted by molar-refractivity contribution is -0.115. The van der Waals surface area contributed by atoms with Gasteiger partial charge in [-0.05, 0) is 35.9 Å². The fourth-order valence-corrected chi connectivity index (χ4v) is 2.32. The highest BCUT2D eigenvalue weighted by molar-refractivity contribution is 9.10. The van der Waals surface area contributed by atoms with Crippen molar-refractivity contribution in [3.05, 3.63) is 63.3 Å². The standard InChI is InChI=1S/C15H13BrClFN2O/c16-12-6-5-11(18)7-10(12)8-19-9-15(21)20-14-4-2-1-3-13(14)17/h1-7,19H,8-9H2,(H,20,21). The number of hydrogen-bond acceptors (Lipinski definition) is 2.